The van der Waals surface area contributed by atoms with Crippen LogP contribution >= 0.6 is 11.6 Å². The molecule has 0 aliphatic heterocycles. The van der Waals surface area contributed by atoms with Gasteiger partial charge in [0, 0.05) is 18.0 Å². The predicted octanol–water partition coefficient (Wildman–Crippen LogP) is 2.37. The molecule has 0 aromatic heterocycles. The number of amides is 1. The SMILES string of the molecule is CCC(=O)NCc1cccc(Cl)c1. The first-order valence-electron chi connectivity index (χ1n) is 4.23. The summed E-state index contributed by atoms with van der Waals surface area (Å²) in [5.41, 5.74) is 1.02. The summed E-state index contributed by atoms with van der Waals surface area (Å²) in [7, 11) is 0. The molecule has 0 spiro atoms. The van der Waals surface area contributed by atoms with Gasteiger partial charge in [-0.1, -0.05) is 30.7 Å². The van der Waals surface area contributed by atoms with Crippen molar-refractivity contribution in [1.29, 1.82) is 0 Å². The second kappa shape index (κ2) is 4.87. The first-order chi connectivity index (χ1) is 6.22. The third-order valence-electron chi connectivity index (χ3n) is 1.70. The molecule has 1 rings (SSSR count). The van der Waals surface area contributed by atoms with Crippen molar-refractivity contribution < 1.29 is 4.79 Å². The maximum atomic E-state index is 10.9. The minimum atomic E-state index is 0.0555. The number of rotatable bonds is 3. The van der Waals surface area contributed by atoms with E-state index < -0.39 is 0 Å². The Balaban J connectivity index is 2.50. The lowest BCUT2D eigenvalue weighted by molar-refractivity contribution is -0.120. The van der Waals surface area contributed by atoms with Gasteiger partial charge in [-0.05, 0) is 17.7 Å². The highest BCUT2D eigenvalue weighted by atomic mass is 35.5. The lowest BCUT2D eigenvalue weighted by Gasteiger charge is -2.03. The van der Waals surface area contributed by atoms with Crippen LogP contribution in [0.5, 0.6) is 0 Å². The van der Waals surface area contributed by atoms with Crippen molar-refractivity contribution in [2.45, 2.75) is 19.9 Å². The van der Waals surface area contributed by atoms with Crippen LogP contribution in [-0.2, 0) is 11.3 Å². The van der Waals surface area contributed by atoms with Gasteiger partial charge in [-0.3, -0.25) is 4.79 Å². The number of hydrogen-bond donors (Lipinski definition) is 1. The lowest BCUT2D eigenvalue weighted by Crippen LogP contribution is -2.21. The Morgan fingerprint density at radius 1 is 1.54 bits per heavy atom. The van der Waals surface area contributed by atoms with Crippen molar-refractivity contribution in [3.63, 3.8) is 0 Å². The maximum Gasteiger partial charge on any atom is 0.219 e. The van der Waals surface area contributed by atoms with Gasteiger partial charge in [0.15, 0.2) is 0 Å². The average molecular weight is 198 g/mol. The quantitative estimate of drug-likeness (QED) is 0.792. The van der Waals surface area contributed by atoms with Crippen molar-refractivity contribution in [3.8, 4) is 0 Å². The number of halogens is 1. The average Bonchev–Trinajstić information content (AvgIpc) is 2.14. The molecule has 1 N–H and O–H groups in total. The van der Waals surface area contributed by atoms with Gasteiger partial charge in [-0.25, -0.2) is 0 Å². The van der Waals surface area contributed by atoms with E-state index in [1.165, 1.54) is 0 Å². The van der Waals surface area contributed by atoms with Crippen LogP contribution in [0.2, 0.25) is 5.02 Å². The molecule has 1 aromatic rings. The van der Waals surface area contributed by atoms with Crippen LogP contribution in [0.3, 0.4) is 0 Å². The van der Waals surface area contributed by atoms with Crippen molar-refractivity contribution >= 4 is 17.5 Å². The van der Waals surface area contributed by atoms with Gasteiger partial charge >= 0.3 is 0 Å². The molecule has 0 bridgehead atoms. The zero-order chi connectivity index (χ0) is 9.68. The Kier molecular flexibility index (Phi) is 3.77. The number of hydrogen-bond acceptors (Lipinski definition) is 1. The maximum absolute atomic E-state index is 10.9. The first-order valence-corrected chi connectivity index (χ1v) is 4.61. The standard InChI is InChI=1S/C10H12ClNO/c1-2-10(13)12-7-8-4-3-5-9(11)6-8/h3-6H,2,7H2,1H3,(H,12,13). The van der Waals surface area contributed by atoms with Gasteiger partial charge in [-0.15, -0.1) is 0 Å². The molecule has 1 aromatic carbocycles. The van der Waals surface area contributed by atoms with Crippen LogP contribution in [0.4, 0.5) is 0 Å². The summed E-state index contributed by atoms with van der Waals surface area (Å²) in [6, 6.07) is 7.46. The van der Waals surface area contributed by atoms with Gasteiger partial charge in [0.2, 0.25) is 5.91 Å². The molecule has 0 saturated heterocycles. The molecule has 0 unspecified atom stereocenters. The Labute approximate surface area is 82.9 Å². The molecule has 0 aliphatic rings. The predicted molar refractivity (Wildman–Crippen MR) is 53.6 cm³/mol. The monoisotopic (exact) mass is 197 g/mol. The Hall–Kier alpha value is -1.02. The Bertz CT molecular complexity index is 299. The topological polar surface area (TPSA) is 29.1 Å². The minimum absolute atomic E-state index is 0.0555. The molecule has 0 saturated carbocycles. The fourth-order valence-corrected chi connectivity index (χ4v) is 1.19. The number of benzene rings is 1. The molecule has 0 radical (unpaired) electrons. The molecular formula is C10H12ClNO. The Morgan fingerprint density at radius 3 is 2.92 bits per heavy atom. The smallest absolute Gasteiger partial charge is 0.219 e. The van der Waals surface area contributed by atoms with Crippen molar-refractivity contribution in [1.82, 2.24) is 5.32 Å². The van der Waals surface area contributed by atoms with E-state index in [0.717, 1.165) is 5.56 Å². The van der Waals surface area contributed by atoms with Gasteiger partial charge in [0.25, 0.3) is 0 Å². The second-order valence-electron chi connectivity index (χ2n) is 2.76. The molecule has 13 heavy (non-hydrogen) atoms. The Morgan fingerprint density at radius 2 is 2.31 bits per heavy atom. The zero-order valence-electron chi connectivity index (χ0n) is 7.51. The fraction of sp³-hybridized carbons (Fsp3) is 0.300. The van der Waals surface area contributed by atoms with Crippen LogP contribution in [0.1, 0.15) is 18.9 Å². The molecule has 0 atom stereocenters. The van der Waals surface area contributed by atoms with Gasteiger partial charge in [0.05, 0.1) is 0 Å². The molecule has 1 amide bonds. The van der Waals surface area contributed by atoms with E-state index in [0.29, 0.717) is 18.0 Å². The van der Waals surface area contributed by atoms with Crippen LogP contribution in [0, 0.1) is 0 Å². The van der Waals surface area contributed by atoms with Crippen LogP contribution in [-0.4, -0.2) is 5.91 Å². The van der Waals surface area contributed by atoms with E-state index in [4.69, 9.17) is 11.6 Å². The lowest BCUT2D eigenvalue weighted by atomic mass is 10.2. The second-order valence-corrected chi connectivity index (χ2v) is 3.20. The van der Waals surface area contributed by atoms with Crippen LogP contribution < -0.4 is 5.32 Å². The van der Waals surface area contributed by atoms with Crippen molar-refractivity contribution in [2.24, 2.45) is 0 Å². The molecule has 70 valence electrons. The summed E-state index contributed by atoms with van der Waals surface area (Å²) in [6.07, 6.45) is 0.514. The van der Waals surface area contributed by atoms with Gasteiger partial charge in [-0.2, -0.15) is 0 Å². The summed E-state index contributed by atoms with van der Waals surface area (Å²) >= 11 is 5.78. The molecule has 3 heteroatoms. The fourth-order valence-electron chi connectivity index (χ4n) is 0.973. The third-order valence-corrected chi connectivity index (χ3v) is 1.93. The largest absolute Gasteiger partial charge is 0.352 e. The molecular weight excluding hydrogens is 186 g/mol. The molecule has 0 aliphatic carbocycles. The molecule has 0 fully saturated rings. The van der Waals surface area contributed by atoms with E-state index in [1.807, 2.05) is 31.2 Å². The highest BCUT2D eigenvalue weighted by Crippen LogP contribution is 2.10. The summed E-state index contributed by atoms with van der Waals surface area (Å²) in [4.78, 5) is 10.9. The normalized spacial score (nSPS) is 9.69. The van der Waals surface area contributed by atoms with Crippen LogP contribution in [0.15, 0.2) is 24.3 Å². The first kappa shape index (κ1) is 10.1. The van der Waals surface area contributed by atoms with Crippen molar-refractivity contribution in [2.75, 3.05) is 0 Å². The molecule has 2 nitrogen and oxygen atoms in total. The summed E-state index contributed by atoms with van der Waals surface area (Å²) < 4.78 is 0. The highest BCUT2D eigenvalue weighted by molar-refractivity contribution is 6.30. The number of nitrogens with one attached hydrogen (secondary N) is 1. The van der Waals surface area contributed by atoms with E-state index in [9.17, 15) is 4.79 Å². The number of carbonyl (C=O) groups excluding carboxylic acids is 1. The van der Waals surface area contributed by atoms with Gasteiger partial charge < -0.3 is 5.32 Å². The molecule has 0 heterocycles. The minimum Gasteiger partial charge on any atom is -0.352 e. The summed E-state index contributed by atoms with van der Waals surface area (Å²) in [6.45, 7) is 2.38. The van der Waals surface area contributed by atoms with Crippen LogP contribution in [0.25, 0.3) is 0 Å². The van der Waals surface area contributed by atoms with E-state index in [-0.39, 0.29) is 5.91 Å². The number of carbonyl (C=O) groups is 1. The summed E-state index contributed by atoms with van der Waals surface area (Å²) in [5.74, 6) is 0.0555. The summed E-state index contributed by atoms with van der Waals surface area (Å²) in [5, 5.41) is 3.48. The van der Waals surface area contributed by atoms with Gasteiger partial charge in [0.1, 0.15) is 0 Å². The third kappa shape index (κ3) is 3.47. The van der Waals surface area contributed by atoms with Crippen molar-refractivity contribution in [3.05, 3.63) is 34.9 Å². The van der Waals surface area contributed by atoms with E-state index in [2.05, 4.69) is 5.32 Å². The van der Waals surface area contributed by atoms with E-state index >= 15 is 0 Å². The zero-order valence-corrected chi connectivity index (χ0v) is 8.27. The van der Waals surface area contributed by atoms with E-state index in [1.54, 1.807) is 0 Å². The highest BCUT2D eigenvalue weighted by Gasteiger charge is 1.97.